The van der Waals surface area contributed by atoms with Gasteiger partial charge in [-0.25, -0.2) is 0 Å². The van der Waals surface area contributed by atoms with E-state index in [4.69, 9.17) is 0 Å². The van der Waals surface area contributed by atoms with Gasteiger partial charge in [-0.05, 0) is 26.0 Å². The Morgan fingerprint density at radius 1 is 1.21 bits per heavy atom. The van der Waals surface area contributed by atoms with Gasteiger partial charge in [0.05, 0.1) is 5.92 Å². The van der Waals surface area contributed by atoms with Crippen molar-refractivity contribution in [3.05, 3.63) is 30.3 Å². The number of para-hydroxylation sites is 1. The van der Waals surface area contributed by atoms with E-state index in [2.05, 4.69) is 5.32 Å². The highest BCUT2D eigenvalue weighted by atomic mass is 16.2. The first-order valence-corrected chi connectivity index (χ1v) is 4.47. The predicted molar refractivity (Wildman–Crippen MR) is 54.9 cm³/mol. The maximum absolute atomic E-state index is 11.4. The summed E-state index contributed by atoms with van der Waals surface area (Å²) in [5.74, 6) is -0.975. The summed E-state index contributed by atoms with van der Waals surface area (Å²) in [5, 5.41) is 2.66. The molecule has 14 heavy (non-hydrogen) atoms. The minimum atomic E-state index is -0.588. The number of hydrogen-bond donors (Lipinski definition) is 1. The van der Waals surface area contributed by atoms with Crippen LogP contribution in [0.1, 0.15) is 13.8 Å². The maximum atomic E-state index is 11.4. The highest BCUT2D eigenvalue weighted by molar-refractivity contribution is 6.06. The van der Waals surface area contributed by atoms with Crippen LogP contribution in [0.4, 0.5) is 5.69 Å². The summed E-state index contributed by atoms with van der Waals surface area (Å²) in [4.78, 5) is 22.3. The molecule has 1 N–H and O–H groups in total. The van der Waals surface area contributed by atoms with Crippen LogP contribution in [0.15, 0.2) is 30.3 Å². The van der Waals surface area contributed by atoms with Crippen molar-refractivity contribution >= 4 is 17.4 Å². The Hall–Kier alpha value is -1.64. The number of hydrogen-bond acceptors (Lipinski definition) is 2. The smallest absolute Gasteiger partial charge is 0.234 e. The second-order valence-electron chi connectivity index (χ2n) is 3.19. The number of rotatable bonds is 3. The summed E-state index contributed by atoms with van der Waals surface area (Å²) < 4.78 is 0. The molecular weight excluding hydrogens is 178 g/mol. The quantitative estimate of drug-likeness (QED) is 0.741. The van der Waals surface area contributed by atoms with E-state index < -0.39 is 5.92 Å². The van der Waals surface area contributed by atoms with Crippen LogP contribution < -0.4 is 5.32 Å². The monoisotopic (exact) mass is 191 g/mol. The Balaban J connectivity index is 2.62. The van der Waals surface area contributed by atoms with Crippen LogP contribution >= 0.6 is 0 Å². The lowest BCUT2D eigenvalue weighted by atomic mass is 10.1. The highest BCUT2D eigenvalue weighted by Crippen LogP contribution is 2.07. The molecule has 0 radical (unpaired) electrons. The third-order valence-corrected chi connectivity index (χ3v) is 2.04. The molecule has 3 nitrogen and oxygen atoms in total. The minimum absolute atomic E-state index is 0.126. The molecule has 0 saturated carbocycles. The number of ketones is 1. The van der Waals surface area contributed by atoms with Crippen molar-refractivity contribution in [2.45, 2.75) is 13.8 Å². The zero-order valence-corrected chi connectivity index (χ0v) is 8.28. The highest BCUT2D eigenvalue weighted by Gasteiger charge is 2.16. The number of carbonyl (C=O) groups excluding carboxylic acids is 2. The molecule has 0 aliphatic heterocycles. The van der Waals surface area contributed by atoms with E-state index in [0.717, 1.165) is 0 Å². The van der Waals surface area contributed by atoms with E-state index in [1.807, 2.05) is 18.2 Å². The van der Waals surface area contributed by atoms with E-state index in [9.17, 15) is 9.59 Å². The first-order chi connectivity index (χ1) is 6.61. The zero-order chi connectivity index (χ0) is 10.6. The van der Waals surface area contributed by atoms with Crippen LogP contribution in [0.3, 0.4) is 0 Å². The van der Waals surface area contributed by atoms with Crippen LogP contribution in [0.25, 0.3) is 0 Å². The van der Waals surface area contributed by atoms with Crippen molar-refractivity contribution in [2.75, 3.05) is 5.32 Å². The van der Waals surface area contributed by atoms with Gasteiger partial charge in [0.2, 0.25) is 5.91 Å². The molecule has 0 aromatic heterocycles. The molecule has 1 unspecified atom stereocenters. The number of benzene rings is 1. The van der Waals surface area contributed by atoms with E-state index in [1.54, 1.807) is 19.1 Å². The normalized spacial score (nSPS) is 11.9. The van der Waals surface area contributed by atoms with Gasteiger partial charge in [0.1, 0.15) is 5.78 Å². The lowest BCUT2D eigenvalue weighted by Crippen LogP contribution is -2.25. The van der Waals surface area contributed by atoms with Crippen molar-refractivity contribution in [2.24, 2.45) is 5.92 Å². The first-order valence-electron chi connectivity index (χ1n) is 4.47. The van der Waals surface area contributed by atoms with Crippen LogP contribution in [0.2, 0.25) is 0 Å². The number of nitrogens with one attached hydrogen (secondary N) is 1. The van der Waals surface area contributed by atoms with Gasteiger partial charge in [0.25, 0.3) is 0 Å². The molecular formula is C11H13NO2. The average molecular weight is 191 g/mol. The van der Waals surface area contributed by atoms with E-state index in [1.165, 1.54) is 6.92 Å². The van der Waals surface area contributed by atoms with Gasteiger partial charge < -0.3 is 5.32 Å². The van der Waals surface area contributed by atoms with Gasteiger partial charge in [-0.15, -0.1) is 0 Å². The summed E-state index contributed by atoms with van der Waals surface area (Å²) >= 11 is 0. The Morgan fingerprint density at radius 3 is 2.29 bits per heavy atom. The minimum Gasteiger partial charge on any atom is -0.325 e. The second-order valence-corrected chi connectivity index (χ2v) is 3.19. The molecule has 1 atom stereocenters. The largest absolute Gasteiger partial charge is 0.325 e. The molecule has 1 rings (SSSR count). The summed E-state index contributed by atoms with van der Waals surface area (Å²) in [6, 6.07) is 9.08. The molecule has 0 heterocycles. The van der Waals surface area contributed by atoms with E-state index in [-0.39, 0.29) is 11.7 Å². The van der Waals surface area contributed by atoms with Gasteiger partial charge in [0.15, 0.2) is 0 Å². The lowest BCUT2D eigenvalue weighted by molar-refractivity contribution is -0.129. The first kappa shape index (κ1) is 10.4. The molecule has 74 valence electrons. The molecule has 0 aliphatic rings. The molecule has 0 saturated heterocycles. The third kappa shape index (κ3) is 2.69. The lowest BCUT2D eigenvalue weighted by Gasteiger charge is -2.08. The number of Topliss-reactive ketones (excluding diaryl/α,β-unsaturated/α-hetero) is 1. The van der Waals surface area contributed by atoms with Crippen LogP contribution in [0.5, 0.6) is 0 Å². The molecule has 0 aliphatic carbocycles. The van der Waals surface area contributed by atoms with Gasteiger partial charge in [-0.2, -0.15) is 0 Å². The van der Waals surface area contributed by atoms with Gasteiger partial charge in [-0.3, -0.25) is 9.59 Å². The zero-order valence-electron chi connectivity index (χ0n) is 8.28. The molecule has 0 fully saturated rings. The van der Waals surface area contributed by atoms with Crippen LogP contribution in [-0.2, 0) is 9.59 Å². The standard InChI is InChI=1S/C11H13NO2/c1-8(9(2)13)11(14)12-10-6-4-3-5-7-10/h3-8H,1-2H3,(H,12,14). The Kier molecular flexibility index (Phi) is 3.40. The number of carbonyl (C=O) groups is 2. The molecule has 0 spiro atoms. The summed E-state index contributed by atoms with van der Waals surface area (Å²) in [6.45, 7) is 3.01. The van der Waals surface area contributed by atoms with Gasteiger partial charge >= 0.3 is 0 Å². The molecule has 1 amide bonds. The average Bonchev–Trinajstić information content (AvgIpc) is 2.18. The Bertz CT molecular complexity index is 332. The second kappa shape index (κ2) is 4.56. The summed E-state index contributed by atoms with van der Waals surface area (Å²) in [5.41, 5.74) is 0.714. The fraction of sp³-hybridized carbons (Fsp3) is 0.273. The van der Waals surface area contributed by atoms with E-state index in [0.29, 0.717) is 5.69 Å². The van der Waals surface area contributed by atoms with Crippen molar-refractivity contribution in [3.8, 4) is 0 Å². The van der Waals surface area contributed by atoms with Crippen LogP contribution in [0, 0.1) is 5.92 Å². The maximum Gasteiger partial charge on any atom is 0.234 e. The topological polar surface area (TPSA) is 46.2 Å². The fourth-order valence-corrected chi connectivity index (χ4v) is 0.957. The molecule has 0 bridgehead atoms. The van der Waals surface area contributed by atoms with Crippen molar-refractivity contribution in [1.29, 1.82) is 0 Å². The molecule has 3 heteroatoms. The SMILES string of the molecule is CC(=O)C(C)C(=O)Nc1ccccc1. The predicted octanol–water partition coefficient (Wildman–Crippen LogP) is 1.85. The van der Waals surface area contributed by atoms with Gasteiger partial charge in [0, 0.05) is 5.69 Å². The van der Waals surface area contributed by atoms with Crippen molar-refractivity contribution in [1.82, 2.24) is 0 Å². The number of anilines is 1. The fourth-order valence-electron chi connectivity index (χ4n) is 0.957. The Morgan fingerprint density at radius 2 is 1.79 bits per heavy atom. The number of amides is 1. The van der Waals surface area contributed by atoms with Crippen molar-refractivity contribution < 1.29 is 9.59 Å². The molecule has 1 aromatic rings. The summed E-state index contributed by atoms with van der Waals surface area (Å²) in [7, 11) is 0. The third-order valence-electron chi connectivity index (χ3n) is 2.04. The van der Waals surface area contributed by atoms with Gasteiger partial charge in [-0.1, -0.05) is 18.2 Å². The van der Waals surface area contributed by atoms with Crippen molar-refractivity contribution in [3.63, 3.8) is 0 Å². The summed E-state index contributed by atoms with van der Waals surface area (Å²) in [6.07, 6.45) is 0. The Labute approximate surface area is 83.1 Å². The van der Waals surface area contributed by atoms with E-state index >= 15 is 0 Å². The van der Waals surface area contributed by atoms with Crippen LogP contribution in [-0.4, -0.2) is 11.7 Å². The molecule has 1 aromatic carbocycles.